The fourth-order valence-corrected chi connectivity index (χ4v) is 1.51. The summed E-state index contributed by atoms with van der Waals surface area (Å²) >= 11 is 0. The Bertz CT molecular complexity index is 428. The van der Waals surface area contributed by atoms with Gasteiger partial charge in [-0.15, -0.1) is 0 Å². The second kappa shape index (κ2) is 7.41. The van der Waals surface area contributed by atoms with Crippen LogP contribution in [0.1, 0.15) is 25.8 Å². The summed E-state index contributed by atoms with van der Waals surface area (Å²) in [7, 11) is 0. The van der Waals surface area contributed by atoms with Crippen molar-refractivity contribution in [3.8, 4) is 5.75 Å². The Labute approximate surface area is 112 Å². The summed E-state index contributed by atoms with van der Waals surface area (Å²) < 4.78 is 5.31. The molecule has 1 aromatic rings. The van der Waals surface area contributed by atoms with Crippen LogP contribution in [0.2, 0.25) is 0 Å². The van der Waals surface area contributed by atoms with E-state index < -0.39 is 11.9 Å². The van der Waals surface area contributed by atoms with Crippen LogP contribution in [-0.2, 0) is 16.1 Å². The van der Waals surface area contributed by atoms with Crippen LogP contribution in [0.4, 0.5) is 0 Å². The second-order valence-corrected chi connectivity index (χ2v) is 4.30. The van der Waals surface area contributed by atoms with Gasteiger partial charge in [0.25, 0.3) is 0 Å². The molecule has 0 aliphatic rings. The van der Waals surface area contributed by atoms with E-state index in [1.807, 2.05) is 31.2 Å². The number of aliphatic carboxylic acids is 1. The van der Waals surface area contributed by atoms with Gasteiger partial charge in [0.15, 0.2) is 0 Å². The summed E-state index contributed by atoms with van der Waals surface area (Å²) in [6.45, 7) is 4.43. The molecule has 0 bridgehead atoms. The Morgan fingerprint density at radius 2 is 1.95 bits per heavy atom. The van der Waals surface area contributed by atoms with Crippen molar-refractivity contribution in [2.75, 3.05) is 6.61 Å². The van der Waals surface area contributed by atoms with Gasteiger partial charge in [-0.25, -0.2) is 0 Å². The zero-order valence-corrected chi connectivity index (χ0v) is 11.2. The van der Waals surface area contributed by atoms with E-state index in [0.717, 1.165) is 11.3 Å². The van der Waals surface area contributed by atoms with E-state index in [4.69, 9.17) is 9.84 Å². The molecule has 0 radical (unpaired) electrons. The van der Waals surface area contributed by atoms with E-state index in [2.05, 4.69) is 5.32 Å². The maximum absolute atomic E-state index is 11.5. The number of benzene rings is 1. The van der Waals surface area contributed by atoms with Gasteiger partial charge in [-0.2, -0.15) is 0 Å². The summed E-state index contributed by atoms with van der Waals surface area (Å²) in [5.41, 5.74) is 0.944. The SMILES string of the molecule is CCOc1ccc(CNC(=O)CC(C)C(=O)O)cc1. The van der Waals surface area contributed by atoms with Gasteiger partial charge in [-0.3, -0.25) is 9.59 Å². The van der Waals surface area contributed by atoms with Crippen molar-refractivity contribution < 1.29 is 19.4 Å². The van der Waals surface area contributed by atoms with E-state index in [1.165, 1.54) is 6.92 Å². The van der Waals surface area contributed by atoms with Crippen molar-refractivity contribution in [2.45, 2.75) is 26.8 Å². The Morgan fingerprint density at radius 3 is 2.47 bits per heavy atom. The van der Waals surface area contributed by atoms with Gasteiger partial charge in [0.2, 0.25) is 5.91 Å². The van der Waals surface area contributed by atoms with Crippen molar-refractivity contribution in [1.82, 2.24) is 5.32 Å². The largest absolute Gasteiger partial charge is 0.494 e. The van der Waals surface area contributed by atoms with E-state index in [0.29, 0.717) is 13.2 Å². The first-order valence-electron chi connectivity index (χ1n) is 6.24. The van der Waals surface area contributed by atoms with Gasteiger partial charge in [0.1, 0.15) is 5.75 Å². The lowest BCUT2D eigenvalue weighted by atomic mass is 10.1. The number of ether oxygens (including phenoxy) is 1. The molecule has 5 heteroatoms. The maximum atomic E-state index is 11.5. The molecule has 1 aromatic carbocycles. The Hall–Kier alpha value is -2.04. The first-order valence-corrected chi connectivity index (χ1v) is 6.24. The Kier molecular flexibility index (Phi) is 5.85. The molecule has 0 aliphatic heterocycles. The first kappa shape index (κ1) is 15.0. The lowest BCUT2D eigenvalue weighted by molar-refractivity contribution is -0.143. The summed E-state index contributed by atoms with van der Waals surface area (Å²) in [6.07, 6.45) is -0.00758. The third-order valence-electron chi connectivity index (χ3n) is 2.64. The molecule has 1 amide bonds. The minimum Gasteiger partial charge on any atom is -0.494 e. The number of amides is 1. The molecule has 0 aromatic heterocycles. The van der Waals surface area contributed by atoms with Crippen LogP contribution in [0, 0.1) is 5.92 Å². The lowest BCUT2D eigenvalue weighted by Crippen LogP contribution is -2.26. The molecule has 0 aliphatic carbocycles. The highest BCUT2D eigenvalue weighted by Gasteiger charge is 2.15. The predicted molar refractivity (Wildman–Crippen MR) is 70.9 cm³/mol. The zero-order valence-electron chi connectivity index (χ0n) is 11.2. The number of nitrogens with one attached hydrogen (secondary N) is 1. The normalized spacial score (nSPS) is 11.7. The number of rotatable bonds is 7. The lowest BCUT2D eigenvalue weighted by Gasteiger charge is -2.08. The van der Waals surface area contributed by atoms with Gasteiger partial charge in [-0.05, 0) is 24.6 Å². The fraction of sp³-hybridized carbons (Fsp3) is 0.429. The highest BCUT2D eigenvalue weighted by Crippen LogP contribution is 2.12. The number of hydrogen-bond acceptors (Lipinski definition) is 3. The molecule has 1 atom stereocenters. The molecule has 0 saturated carbocycles. The van der Waals surface area contributed by atoms with Gasteiger partial charge in [0, 0.05) is 13.0 Å². The van der Waals surface area contributed by atoms with Crippen molar-refractivity contribution in [2.24, 2.45) is 5.92 Å². The highest BCUT2D eigenvalue weighted by atomic mass is 16.5. The van der Waals surface area contributed by atoms with Crippen molar-refractivity contribution in [3.63, 3.8) is 0 Å². The molecule has 104 valence electrons. The fourth-order valence-electron chi connectivity index (χ4n) is 1.51. The second-order valence-electron chi connectivity index (χ2n) is 4.30. The van der Waals surface area contributed by atoms with Crippen molar-refractivity contribution >= 4 is 11.9 Å². The van der Waals surface area contributed by atoms with Crippen LogP contribution < -0.4 is 10.1 Å². The number of carbonyl (C=O) groups is 2. The maximum Gasteiger partial charge on any atom is 0.306 e. The number of carboxylic acids is 1. The molecule has 0 saturated heterocycles. The smallest absolute Gasteiger partial charge is 0.306 e. The quantitative estimate of drug-likeness (QED) is 0.788. The first-order chi connectivity index (χ1) is 9.02. The molecule has 0 spiro atoms. The molecular weight excluding hydrogens is 246 g/mol. The minimum atomic E-state index is -0.962. The van der Waals surface area contributed by atoms with Gasteiger partial charge in [0.05, 0.1) is 12.5 Å². The van der Waals surface area contributed by atoms with Gasteiger partial charge in [-0.1, -0.05) is 19.1 Å². The molecule has 2 N–H and O–H groups in total. The number of carboxylic acid groups (broad SMARTS) is 1. The predicted octanol–water partition coefficient (Wildman–Crippen LogP) is 1.81. The molecule has 19 heavy (non-hydrogen) atoms. The summed E-state index contributed by atoms with van der Waals surface area (Å²) in [5, 5.41) is 11.4. The van der Waals surface area contributed by atoms with Crippen LogP contribution in [0.15, 0.2) is 24.3 Å². The zero-order chi connectivity index (χ0) is 14.3. The van der Waals surface area contributed by atoms with E-state index in [-0.39, 0.29) is 12.3 Å². The van der Waals surface area contributed by atoms with Gasteiger partial charge < -0.3 is 15.2 Å². The molecular formula is C14H19NO4. The third-order valence-corrected chi connectivity index (χ3v) is 2.64. The Morgan fingerprint density at radius 1 is 1.32 bits per heavy atom. The summed E-state index contributed by atoms with van der Waals surface area (Å²) in [5.74, 6) is -1.10. The Balaban J connectivity index is 2.39. The minimum absolute atomic E-state index is 0.00758. The van der Waals surface area contributed by atoms with Gasteiger partial charge >= 0.3 is 5.97 Å². The average Bonchev–Trinajstić information content (AvgIpc) is 2.38. The standard InChI is InChI=1S/C14H19NO4/c1-3-19-12-6-4-11(5-7-12)9-15-13(16)8-10(2)14(17)18/h4-7,10H,3,8-9H2,1-2H3,(H,15,16)(H,17,18). The third kappa shape index (κ3) is 5.42. The van der Waals surface area contributed by atoms with Crippen LogP contribution in [0.5, 0.6) is 5.75 Å². The van der Waals surface area contributed by atoms with Crippen molar-refractivity contribution in [1.29, 1.82) is 0 Å². The van der Waals surface area contributed by atoms with Crippen LogP contribution in [-0.4, -0.2) is 23.6 Å². The number of carbonyl (C=O) groups excluding carboxylic acids is 1. The van der Waals surface area contributed by atoms with E-state index in [9.17, 15) is 9.59 Å². The monoisotopic (exact) mass is 265 g/mol. The van der Waals surface area contributed by atoms with E-state index in [1.54, 1.807) is 0 Å². The summed E-state index contributed by atoms with van der Waals surface area (Å²) in [4.78, 5) is 22.1. The molecule has 0 heterocycles. The molecule has 5 nitrogen and oxygen atoms in total. The summed E-state index contributed by atoms with van der Waals surface area (Å²) in [6, 6.07) is 7.41. The van der Waals surface area contributed by atoms with E-state index >= 15 is 0 Å². The van der Waals surface area contributed by atoms with Crippen molar-refractivity contribution in [3.05, 3.63) is 29.8 Å². The topological polar surface area (TPSA) is 75.6 Å². The molecule has 0 fully saturated rings. The molecule has 1 rings (SSSR count). The van der Waals surface area contributed by atoms with Crippen LogP contribution in [0.3, 0.4) is 0 Å². The average molecular weight is 265 g/mol. The number of hydrogen-bond donors (Lipinski definition) is 2. The van der Waals surface area contributed by atoms with Crippen LogP contribution in [0.25, 0.3) is 0 Å². The highest BCUT2D eigenvalue weighted by molar-refractivity contribution is 5.81. The molecule has 1 unspecified atom stereocenters. The van der Waals surface area contributed by atoms with Crippen LogP contribution >= 0.6 is 0 Å².